The molecule has 64 valence electrons. The molecule has 2 atom stereocenters. The Morgan fingerprint density at radius 2 is 1.91 bits per heavy atom. The van der Waals surface area contributed by atoms with Gasteiger partial charge in [-0.3, -0.25) is 0 Å². The second-order valence-electron chi connectivity index (χ2n) is 3.35. The lowest BCUT2D eigenvalue weighted by Gasteiger charge is -2.28. The molecule has 0 aliphatic heterocycles. The molecule has 0 heterocycles. The van der Waals surface area contributed by atoms with E-state index in [0.717, 1.165) is 15.5 Å². The van der Waals surface area contributed by atoms with Crippen LogP contribution in [-0.4, -0.2) is 3.67 Å². The number of hydrogen-bond donors (Lipinski definition) is 0. The van der Waals surface area contributed by atoms with Crippen LogP contribution in [-0.2, 0) is 0 Å². The van der Waals surface area contributed by atoms with E-state index in [1.54, 1.807) is 0 Å². The molecule has 2 heteroatoms. The monoisotopic (exact) mass is 282 g/mol. The molecule has 0 aromatic carbocycles. The lowest BCUT2D eigenvalue weighted by atomic mass is 9.83. The highest BCUT2D eigenvalue weighted by Gasteiger charge is 2.21. The Kier molecular flexibility index (Phi) is 4.37. The second-order valence-corrected chi connectivity index (χ2v) is 6.87. The third-order valence-electron chi connectivity index (χ3n) is 2.60. The van der Waals surface area contributed by atoms with E-state index < -0.39 is 0 Å². The minimum atomic E-state index is 0.776. The normalized spacial score (nSPS) is 34.7. The topological polar surface area (TPSA) is 0 Å². The minimum Gasteiger partial charge on any atom is -0.124 e. The van der Waals surface area contributed by atoms with Gasteiger partial charge in [0.25, 0.3) is 0 Å². The van der Waals surface area contributed by atoms with Gasteiger partial charge in [-0.05, 0) is 37.5 Å². The third kappa shape index (κ3) is 3.02. The van der Waals surface area contributed by atoms with E-state index in [2.05, 4.69) is 44.5 Å². The maximum atomic E-state index is 3.85. The van der Waals surface area contributed by atoms with Crippen molar-refractivity contribution in [3.8, 4) is 0 Å². The molecular formula is C9H16IP. The average molecular weight is 282 g/mol. The molecule has 2 unspecified atom stereocenters. The molecule has 0 saturated heterocycles. The van der Waals surface area contributed by atoms with Crippen molar-refractivity contribution in [2.75, 3.05) is 0 Å². The molecule has 0 spiro atoms. The van der Waals surface area contributed by atoms with Gasteiger partial charge in [0.15, 0.2) is 0 Å². The first-order valence-electron chi connectivity index (χ1n) is 4.26. The van der Waals surface area contributed by atoms with Crippen LogP contribution < -0.4 is 0 Å². The number of alkyl halides is 1. The smallest absolute Gasteiger partial charge is 0.0281 e. The van der Waals surface area contributed by atoms with Crippen LogP contribution in [0.2, 0.25) is 0 Å². The Morgan fingerprint density at radius 1 is 1.36 bits per heavy atom. The number of rotatable bonds is 2. The summed E-state index contributed by atoms with van der Waals surface area (Å²) in [7, 11) is 2.91. The van der Waals surface area contributed by atoms with Gasteiger partial charge in [-0.2, -0.15) is 0 Å². The first-order valence-corrected chi connectivity index (χ1v) is 6.17. The average Bonchev–Trinajstić information content (AvgIpc) is 2.05. The van der Waals surface area contributed by atoms with Gasteiger partial charge in [0.1, 0.15) is 0 Å². The van der Waals surface area contributed by atoms with Crippen LogP contribution in [0.4, 0.5) is 0 Å². The van der Waals surface area contributed by atoms with Crippen LogP contribution in [0, 0.1) is 11.8 Å². The first-order chi connectivity index (χ1) is 5.24. The Morgan fingerprint density at radius 3 is 2.27 bits per heavy atom. The summed E-state index contributed by atoms with van der Waals surface area (Å²) in [6.07, 6.45) is 7.65. The van der Waals surface area contributed by atoms with Crippen molar-refractivity contribution in [2.45, 2.75) is 29.3 Å². The van der Waals surface area contributed by atoms with Crippen LogP contribution in [0.15, 0.2) is 12.7 Å². The highest BCUT2D eigenvalue weighted by molar-refractivity contribution is 14.1. The fraction of sp³-hybridized carbons (Fsp3) is 0.778. The van der Waals surface area contributed by atoms with Crippen molar-refractivity contribution in [1.82, 2.24) is 0 Å². The van der Waals surface area contributed by atoms with Crippen molar-refractivity contribution in [3.63, 3.8) is 0 Å². The van der Waals surface area contributed by atoms with E-state index in [0.29, 0.717) is 0 Å². The molecule has 0 aromatic rings. The lowest BCUT2D eigenvalue weighted by Crippen LogP contribution is -2.17. The molecule has 1 rings (SSSR count). The Bertz CT molecular complexity index is 126. The zero-order valence-corrected chi connectivity index (χ0v) is 10.1. The maximum Gasteiger partial charge on any atom is 0.0281 e. The van der Waals surface area contributed by atoms with E-state index in [1.807, 2.05) is 0 Å². The van der Waals surface area contributed by atoms with E-state index in [1.165, 1.54) is 25.7 Å². The van der Waals surface area contributed by atoms with Crippen molar-refractivity contribution in [3.05, 3.63) is 12.7 Å². The molecule has 0 radical (unpaired) electrons. The Labute approximate surface area is 85.6 Å². The zero-order valence-electron chi connectivity index (χ0n) is 6.80. The zero-order chi connectivity index (χ0) is 8.27. The van der Waals surface area contributed by atoms with Gasteiger partial charge in [0.05, 0.1) is 0 Å². The molecule has 0 nitrogen and oxygen atoms in total. The summed E-state index contributed by atoms with van der Waals surface area (Å²) >= 11 is 2.52. The second kappa shape index (κ2) is 4.81. The predicted molar refractivity (Wildman–Crippen MR) is 63.2 cm³/mol. The molecule has 0 amide bonds. The standard InChI is InChI=1S/C9H16IP/c1-2-7-3-5-8(6-4-7)9(10)11/h2,7-9H,1,3-6,11H2. The fourth-order valence-corrected chi connectivity index (χ4v) is 2.80. The summed E-state index contributed by atoms with van der Waals surface area (Å²) < 4.78 is 0.776. The van der Waals surface area contributed by atoms with E-state index in [-0.39, 0.29) is 0 Å². The fourth-order valence-electron chi connectivity index (χ4n) is 1.70. The van der Waals surface area contributed by atoms with Crippen LogP contribution in [0.25, 0.3) is 0 Å². The Hall–Kier alpha value is 0.900. The highest BCUT2D eigenvalue weighted by Crippen LogP contribution is 2.36. The lowest BCUT2D eigenvalue weighted by molar-refractivity contribution is 0.331. The highest BCUT2D eigenvalue weighted by atomic mass is 127. The van der Waals surface area contributed by atoms with Crippen LogP contribution in [0.3, 0.4) is 0 Å². The van der Waals surface area contributed by atoms with Crippen molar-refractivity contribution in [1.29, 1.82) is 0 Å². The molecule has 0 N–H and O–H groups in total. The molecule has 1 saturated carbocycles. The third-order valence-corrected chi connectivity index (χ3v) is 4.16. The van der Waals surface area contributed by atoms with Gasteiger partial charge in [0, 0.05) is 3.67 Å². The molecule has 1 aliphatic carbocycles. The van der Waals surface area contributed by atoms with Gasteiger partial charge in [-0.1, -0.05) is 28.7 Å². The summed E-state index contributed by atoms with van der Waals surface area (Å²) in [5.74, 6) is 1.75. The summed E-state index contributed by atoms with van der Waals surface area (Å²) in [4.78, 5) is 0. The molecule has 0 bridgehead atoms. The van der Waals surface area contributed by atoms with Crippen molar-refractivity contribution >= 4 is 31.8 Å². The summed E-state index contributed by atoms with van der Waals surface area (Å²) in [5.41, 5.74) is 0. The summed E-state index contributed by atoms with van der Waals surface area (Å²) in [6, 6.07) is 0. The van der Waals surface area contributed by atoms with Crippen molar-refractivity contribution < 1.29 is 0 Å². The van der Waals surface area contributed by atoms with Gasteiger partial charge >= 0.3 is 0 Å². The number of halogens is 1. The maximum absolute atomic E-state index is 3.85. The summed E-state index contributed by atoms with van der Waals surface area (Å²) in [6.45, 7) is 3.85. The molecule has 1 aliphatic rings. The number of hydrogen-bond acceptors (Lipinski definition) is 0. The van der Waals surface area contributed by atoms with Crippen molar-refractivity contribution in [2.24, 2.45) is 11.8 Å². The predicted octanol–water partition coefficient (Wildman–Crippen LogP) is 3.62. The molecule has 1 fully saturated rings. The molecule has 11 heavy (non-hydrogen) atoms. The van der Waals surface area contributed by atoms with E-state index >= 15 is 0 Å². The number of allylic oxidation sites excluding steroid dienone is 1. The van der Waals surface area contributed by atoms with E-state index in [4.69, 9.17) is 0 Å². The largest absolute Gasteiger partial charge is 0.124 e. The minimum absolute atomic E-state index is 0.776. The van der Waals surface area contributed by atoms with Gasteiger partial charge in [-0.15, -0.1) is 15.8 Å². The molecule has 0 aromatic heterocycles. The van der Waals surface area contributed by atoms with Gasteiger partial charge in [-0.25, -0.2) is 0 Å². The van der Waals surface area contributed by atoms with Crippen LogP contribution in [0.5, 0.6) is 0 Å². The van der Waals surface area contributed by atoms with Gasteiger partial charge < -0.3 is 0 Å². The van der Waals surface area contributed by atoms with Gasteiger partial charge in [0.2, 0.25) is 0 Å². The Balaban J connectivity index is 2.29. The van der Waals surface area contributed by atoms with Crippen LogP contribution >= 0.6 is 31.8 Å². The SMILES string of the molecule is C=CC1CCC(C(P)I)CC1. The summed E-state index contributed by atoms with van der Waals surface area (Å²) in [5, 5.41) is 0. The molecular weight excluding hydrogens is 266 g/mol. The first kappa shape index (κ1) is 9.98. The van der Waals surface area contributed by atoms with Crippen LogP contribution in [0.1, 0.15) is 25.7 Å². The quantitative estimate of drug-likeness (QED) is 0.314. The van der Waals surface area contributed by atoms with E-state index in [9.17, 15) is 0 Å².